The average molecular weight is 382 g/mol. The summed E-state index contributed by atoms with van der Waals surface area (Å²) in [6.07, 6.45) is -0.698. The van der Waals surface area contributed by atoms with Gasteiger partial charge in [-0.2, -0.15) is 0 Å². The topological polar surface area (TPSA) is 83.7 Å². The second kappa shape index (κ2) is 8.56. The first-order valence-electron chi connectivity index (χ1n) is 8.94. The minimum Gasteiger partial charge on any atom is -0.493 e. The summed E-state index contributed by atoms with van der Waals surface area (Å²) < 4.78 is 21.9. The third kappa shape index (κ3) is 4.31. The SMILES string of the molecule is CCOc1ccc(C(=O)OC(C)c2nnc(-c3cccc(C)c3)o2)cc1OC. The summed E-state index contributed by atoms with van der Waals surface area (Å²) in [4.78, 5) is 12.5. The normalized spacial score (nSPS) is 11.7. The Kier molecular flexibility index (Phi) is 5.93. The molecule has 0 spiro atoms. The highest BCUT2D eigenvalue weighted by molar-refractivity contribution is 5.90. The van der Waals surface area contributed by atoms with Crippen LogP contribution in [-0.2, 0) is 4.74 Å². The predicted molar refractivity (Wildman–Crippen MR) is 102 cm³/mol. The molecule has 2 aromatic carbocycles. The van der Waals surface area contributed by atoms with E-state index < -0.39 is 12.1 Å². The summed E-state index contributed by atoms with van der Waals surface area (Å²) in [5.74, 6) is 1.11. The maximum absolute atomic E-state index is 12.5. The standard InChI is InChI=1S/C21H22N2O5/c1-5-26-17-10-9-16(12-18(17)25-4)21(24)27-14(3)19-22-23-20(28-19)15-8-6-7-13(2)11-15/h6-12,14H,5H2,1-4H3. The Morgan fingerprint density at radius 2 is 1.96 bits per heavy atom. The Bertz CT molecular complexity index is 967. The van der Waals surface area contributed by atoms with Crippen molar-refractivity contribution in [3.05, 3.63) is 59.5 Å². The zero-order valence-electron chi connectivity index (χ0n) is 16.3. The largest absolute Gasteiger partial charge is 0.493 e. The second-order valence-corrected chi connectivity index (χ2v) is 6.16. The summed E-state index contributed by atoms with van der Waals surface area (Å²) in [6, 6.07) is 12.6. The van der Waals surface area contributed by atoms with Crippen molar-refractivity contribution in [2.24, 2.45) is 0 Å². The van der Waals surface area contributed by atoms with Gasteiger partial charge in [0.15, 0.2) is 17.6 Å². The van der Waals surface area contributed by atoms with Gasteiger partial charge in [0.05, 0.1) is 19.3 Å². The van der Waals surface area contributed by atoms with Crippen molar-refractivity contribution in [1.82, 2.24) is 10.2 Å². The lowest BCUT2D eigenvalue weighted by Crippen LogP contribution is -2.10. The molecule has 0 saturated carbocycles. The third-order valence-corrected chi connectivity index (χ3v) is 4.04. The van der Waals surface area contributed by atoms with Crippen LogP contribution in [-0.4, -0.2) is 29.9 Å². The predicted octanol–water partition coefficient (Wildman–Crippen LogP) is 4.37. The van der Waals surface area contributed by atoms with Crippen LogP contribution >= 0.6 is 0 Å². The van der Waals surface area contributed by atoms with Crippen molar-refractivity contribution in [2.75, 3.05) is 13.7 Å². The van der Waals surface area contributed by atoms with Gasteiger partial charge in [0.25, 0.3) is 5.89 Å². The maximum atomic E-state index is 12.5. The van der Waals surface area contributed by atoms with Crippen LogP contribution in [0.5, 0.6) is 11.5 Å². The monoisotopic (exact) mass is 382 g/mol. The van der Waals surface area contributed by atoms with Gasteiger partial charge in [-0.3, -0.25) is 0 Å². The highest BCUT2D eigenvalue weighted by Gasteiger charge is 2.21. The van der Waals surface area contributed by atoms with Crippen LogP contribution in [0.1, 0.15) is 41.8 Å². The number of benzene rings is 2. The van der Waals surface area contributed by atoms with Crippen LogP contribution in [0, 0.1) is 6.92 Å². The van der Waals surface area contributed by atoms with Crippen LogP contribution in [0.4, 0.5) is 0 Å². The van der Waals surface area contributed by atoms with Gasteiger partial charge in [-0.25, -0.2) is 4.79 Å². The molecule has 1 unspecified atom stereocenters. The molecule has 3 aromatic rings. The first kappa shape index (κ1) is 19.4. The molecule has 1 heterocycles. The van der Waals surface area contributed by atoms with Gasteiger partial charge in [0, 0.05) is 5.56 Å². The van der Waals surface area contributed by atoms with E-state index in [9.17, 15) is 4.79 Å². The molecule has 28 heavy (non-hydrogen) atoms. The van der Waals surface area contributed by atoms with Crippen molar-refractivity contribution < 1.29 is 23.4 Å². The number of ether oxygens (including phenoxy) is 3. The number of carbonyl (C=O) groups excluding carboxylic acids is 1. The highest BCUT2D eigenvalue weighted by atomic mass is 16.6. The average Bonchev–Trinajstić information content (AvgIpc) is 3.19. The van der Waals surface area contributed by atoms with E-state index in [0.717, 1.165) is 11.1 Å². The number of nitrogens with zero attached hydrogens (tertiary/aromatic N) is 2. The fourth-order valence-electron chi connectivity index (χ4n) is 2.64. The van der Waals surface area contributed by atoms with Crippen molar-refractivity contribution in [1.29, 1.82) is 0 Å². The molecule has 0 aliphatic heterocycles. The summed E-state index contributed by atoms with van der Waals surface area (Å²) in [5.41, 5.74) is 2.24. The molecule has 0 bridgehead atoms. The fourth-order valence-corrected chi connectivity index (χ4v) is 2.64. The Labute approximate surface area is 163 Å². The zero-order valence-corrected chi connectivity index (χ0v) is 16.3. The van der Waals surface area contributed by atoms with Gasteiger partial charge in [-0.15, -0.1) is 10.2 Å². The summed E-state index contributed by atoms with van der Waals surface area (Å²) >= 11 is 0. The lowest BCUT2D eigenvalue weighted by molar-refractivity contribution is 0.0279. The van der Waals surface area contributed by atoms with Crippen molar-refractivity contribution in [3.8, 4) is 23.0 Å². The molecule has 0 aliphatic carbocycles. The van der Waals surface area contributed by atoms with Crippen LogP contribution in [0.3, 0.4) is 0 Å². The van der Waals surface area contributed by atoms with E-state index in [0.29, 0.717) is 29.6 Å². The smallest absolute Gasteiger partial charge is 0.339 e. The van der Waals surface area contributed by atoms with Gasteiger partial charge in [-0.05, 0) is 51.1 Å². The van der Waals surface area contributed by atoms with Crippen molar-refractivity contribution >= 4 is 5.97 Å². The molecule has 1 atom stereocenters. The Morgan fingerprint density at radius 1 is 1.14 bits per heavy atom. The number of rotatable bonds is 7. The minimum absolute atomic E-state index is 0.225. The van der Waals surface area contributed by atoms with Gasteiger partial charge < -0.3 is 18.6 Å². The number of esters is 1. The number of hydrogen-bond donors (Lipinski definition) is 0. The van der Waals surface area contributed by atoms with Gasteiger partial charge in [-0.1, -0.05) is 17.7 Å². The van der Waals surface area contributed by atoms with Crippen LogP contribution in [0.25, 0.3) is 11.5 Å². The van der Waals surface area contributed by atoms with Gasteiger partial charge in [0.2, 0.25) is 5.89 Å². The molecule has 0 radical (unpaired) electrons. The summed E-state index contributed by atoms with van der Waals surface area (Å²) in [6.45, 7) is 6.03. The lowest BCUT2D eigenvalue weighted by Gasteiger charge is -2.12. The van der Waals surface area contributed by atoms with Gasteiger partial charge in [0.1, 0.15) is 0 Å². The van der Waals surface area contributed by atoms with E-state index >= 15 is 0 Å². The summed E-state index contributed by atoms with van der Waals surface area (Å²) in [5, 5.41) is 8.05. The Balaban J connectivity index is 1.72. The van der Waals surface area contributed by atoms with Crippen LogP contribution < -0.4 is 9.47 Å². The molecule has 146 valence electrons. The number of aromatic nitrogens is 2. The first-order valence-corrected chi connectivity index (χ1v) is 8.94. The molecule has 1 aromatic heterocycles. The minimum atomic E-state index is -0.698. The molecule has 0 N–H and O–H groups in total. The van der Waals surface area contributed by atoms with E-state index in [4.69, 9.17) is 18.6 Å². The fraction of sp³-hybridized carbons (Fsp3) is 0.286. The quantitative estimate of drug-likeness (QED) is 0.561. The van der Waals surface area contributed by atoms with E-state index in [-0.39, 0.29) is 5.89 Å². The number of hydrogen-bond acceptors (Lipinski definition) is 7. The van der Waals surface area contributed by atoms with Crippen molar-refractivity contribution in [3.63, 3.8) is 0 Å². The number of carbonyl (C=O) groups is 1. The zero-order chi connectivity index (χ0) is 20.1. The molecule has 0 amide bonds. The molecule has 3 rings (SSSR count). The second-order valence-electron chi connectivity index (χ2n) is 6.16. The Hall–Kier alpha value is -3.35. The first-order chi connectivity index (χ1) is 13.5. The number of aryl methyl sites for hydroxylation is 1. The number of methoxy groups -OCH3 is 1. The maximum Gasteiger partial charge on any atom is 0.339 e. The van der Waals surface area contributed by atoms with E-state index in [2.05, 4.69) is 10.2 Å². The molecule has 0 saturated heterocycles. The van der Waals surface area contributed by atoms with E-state index in [1.165, 1.54) is 7.11 Å². The van der Waals surface area contributed by atoms with Crippen LogP contribution in [0.2, 0.25) is 0 Å². The van der Waals surface area contributed by atoms with Crippen molar-refractivity contribution in [2.45, 2.75) is 26.9 Å². The summed E-state index contributed by atoms with van der Waals surface area (Å²) in [7, 11) is 1.51. The molecular formula is C21H22N2O5. The Morgan fingerprint density at radius 3 is 2.68 bits per heavy atom. The molecule has 7 heteroatoms. The molecule has 0 aliphatic rings. The van der Waals surface area contributed by atoms with Crippen LogP contribution in [0.15, 0.2) is 46.9 Å². The molecular weight excluding hydrogens is 360 g/mol. The molecule has 0 fully saturated rings. The highest BCUT2D eigenvalue weighted by Crippen LogP contribution is 2.29. The van der Waals surface area contributed by atoms with Gasteiger partial charge >= 0.3 is 5.97 Å². The third-order valence-electron chi connectivity index (χ3n) is 4.04. The molecule has 7 nitrogen and oxygen atoms in total. The van der Waals surface area contributed by atoms with E-state index in [1.807, 2.05) is 38.1 Å². The lowest BCUT2D eigenvalue weighted by atomic mass is 10.1. The van der Waals surface area contributed by atoms with E-state index in [1.54, 1.807) is 25.1 Å².